The van der Waals surface area contributed by atoms with Gasteiger partial charge in [0.25, 0.3) is 0 Å². The van der Waals surface area contributed by atoms with Gasteiger partial charge in [-0.15, -0.1) is 6.58 Å². The standard InChI is InChI=1S/C12H17NO2/c1-5-9(13)12-10(14-3)6-8(2)7-11(12)15-4/h5-7,9H,1,13H2,2-4H3/t9-/m0/s1. The van der Waals surface area contributed by atoms with Gasteiger partial charge in [0.05, 0.1) is 25.8 Å². The van der Waals surface area contributed by atoms with E-state index in [2.05, 4.69) is 6.58 Å². The van der Waals surface area contributed by atoms with Gasteiger partial charge in [-0.05, 0) is 24.6 Å². The average Bonchev–Trinajstić information content (AvgIpc) is 2.26. The highest BCUT2D eigenvalue weighted by Crippen LogP contribution is 2.34. The molecular formula is C12H17NO2. The van der Waals surface area contributed by atoms with Crippen molar-refractivity contribution in [2.45, 2.75) is 13.0 Å². The third-order valence-corrected chi connectivity index (χ3v) is 2.28. The summed E-state index contributed by atoms with van der Waals surface area (Å²) in [5.41, 5.74) is 7.83. The molecule has 0 unspecified atom stereocenters. The molecule has 1 atom stereocenters. The van der Waals surface area contributed by atoms with Gasteiger partial charge in [0.2, 0.25) is 0 Å². The third kappa shape index (κ3) is 2.30. The van der Waals surface area contributed by atoms with Crippen molar-refractivity contribution < 1.29 is 9.47 Å². The number of hydrogen-bond acceptors (Lipinski definition) is 3. The van der Waals surface area contributed by atoms with E-state index in [9.17, 15) is 0 Å². The fraction of sp³-hybridized carbons (Fsp3) is 0.333. The molecule has 3 heteroatoms. The first-order valence-corrected chi connectivity index (χ1v) is 4.74. The van der Waals surface area contributed by atoms with E-state index in [0.717, 1.165) is 22.6 Å². The second kappa shape index (κ2) is 4.84. The lowest BCUT2D eigenvalue weighted by atomic mass is 10.0. The van der Waals surface area contributed by atoms with Crippen LogP contribution in [0.2, 0.25) is 0 Å². The fourth-order valence-electron chi connectivity index (χ4n) is 1.52. The van der Waals surface area contributed by atoms with Crippen LogP contribution in [0.1, 0.15) is 17.2 Å². The molecule has 0 aliphatic heterocycles. The van der Waals surface area contributed by atoms with Crippen LogP contribution in [-0.4, -0.2) is 14.2 Å². The summed E-state index contributed by atoms with van der Waals surface area (Å²) < 4.78 is 10.6. The molecule has 2 N–H and O–H groups in total. The second-order valence-electron chi connectivity index (χ2n) is 3.34. The zero-order chi connectivity index (χ0) is 11.4. The largest absolute Gasteiger partial charge is 0.496 e. The molecule has 0 bridgehead atoms. The van der Waals surface area contributed by atoms with Crippen LogP contribution >= 0.6 is 0 Å². The number of rotatable bonds is 4. The summed E-state index contributed by atoms with van der Waals surface area (Å²) >= 11 is 0. The zero-order valence-corrected chi connectivity index (χ0v) is 9.41. The molecule has 3 nitrogen and oxygen atoms in total. The zero-order valence-electron chi connectivity index (χ0n) is 9.41. The summed E-state index contributed by atoms with van der Waals surface area (Å²) in [6, 6.07) is 3.58. The Kier molecular flexibility index (Phi) is 3.74. The molecule has 1 aromatic rings. The number of ether oxygens (including phenoxy) is 2. The summed E-state index contributed by atoms with van der Waals surface area (Å²) in [6.07, 6.45) is 1.66. The maximum absolute atomic E-state index is 5.92. The predicted octanol–water partition coefficient (Wildman–Crippen LogP) is 2.20. The maximum atomic E-state index is 5.92. The van der Waals surface area contributed by atoms with E-state index in [-0.39, 0.29) is 6.04 Å². The molecule has 0 spiro atoms. The van der Waals surface area contributed by atoms with Gasteiger partial charge in [-0.3, -0.25) is 0 Å². The lowest BCUT2D eigenvalue weighted by Crippen LogP contribution is -2.10. The molecule has 0 amide bonds. The van der Waals surface area contributed by atoms with Gasteiger partial charge in [-0.2, -0.15) is 0 Å². The molecule has 0 aromatic heterocycles. The van der Waals surface area contributed by atoms with Gasteiger partial charge in [0.15, 0.2) is 0 Å². The Hall–Kier alpha value is -1.48. The number of benzene rings is 1. The second-order valence-corrected chi connectivity index (χ2v) is 3.34. The molecule has 82 valence electrons. The Bertz CT molecular complexity index is 336. The molecule has 0 fully saturated rings. The molecule has 1 rings (SSSR count). The summed E-state index contributed by atoms with van der Waals surface area (Å²) in [7, 11) is 3.24. The predicted molar refractivity (Wildman–Crippen MR) is 61.4 cm³/mol. The van der Waals surface area contributed by atoms with Gasteiger partial charge in [0.1, 0.15) is 11.5 Å². The summed E-state index contributed by atoms with van der Waals surface area (Å²) in [5, 5.41) is 0. The van der Waals surface area contributed by atoms with Crippen LogP contribution in [0.15, 0.2) is 24.8 Å². The Morgan fingerprint density at radius 3 is 2.07 bits per heavy atom. The highest BCUT2D eigenvalue weighted by Gasteiger charge is 2.15. The molecule has 1 aromatic carbocycles. The average molecular weight is 207 g/mol. The minimum Gasteiger partial charge on any atom is -0.496 e. The van der Waals surface area contributed by atoms with Crippen molar-refractivity contribution >= 4 is 0 Å². The lowest BCUT2D eigenvalue weighted by molar-refractivity contribution is 0.382. The molecule has 15 heavy (non-hydrogen) atoms. The van der Waals surface area contributed by atoms with Crippen molar-refractivity contribution in [3.8, 4) is 11.5 Å². The molecule has 0 aliphatic carbocycles. The van der Waals surface area contributed by atoms with E-state index in [0.29, 0.717) is 0 Å². The maximum Gasteiger partial charge on any atom is 0.127 e. The van der Waals surface area contributed by atoms with Crippen molar-refractivity contribution in [2.75, 3.05) is 14.2 Å². The summed E-state index contributed by atoms with van der Waals surface area (Å²) in [5.74, 6) is 1.47. The van der Waals surface area contributed by atoms with Crippen LogP contribution in [0.4, 0.5) is 0 Å². The Morgan fingerprint density at radius 2 is 1.73 bits per heavy atom. The third-order valence-electron chi connectivity index (χ3n) is 2.28. The molecular weight excluding hydrogens is 190 g/mol. The van der Waals surface area contributed by atoms with E-state index in [4.69, 9.17) is 15.2 Å². The van der Waals surface area contributed by atoms with Gasteiger partial charge < -0.3 is 15.2 Å². The summed E-state index contributed by atoms with van der Waals surface area (Å²) in [4.78, 5) is 0. The van der Waals surface area contributed by atoms with E-state index in [1.54, 1.807) is 20.3 Å². The highest BCUT2D eigenvalue weighted by atomic mass is 16.5. The van der Waals surface area contributed by atoms with E-state index in [1.807, 2.05) is 19.1 Å². The fourth-order valence-corrected chi connectivity index (χ4v) is 1.52. The minimum absolute atomic E-state index is 0.282. The SMILES string of the molecule is C=C[C@H](N)c1c(OC)cc(C)cc1OC. The number of hydrogen-bond donors (Lipinski definition) is 1. The van der Waals surface area contributed by atoms with Crippen LogP contribution < -0.4 is 15.2 Å². The van der Waals surface area contributed by atoms with Crippen molar-refractivity contribution in [3.63, 3.8) is 0 Å². The van der Waals surface area contributed by atoms with Gasteiger partial charge >= 0.3 is 0 Å². The van der Waals surface area contributed by atoms with Gasteiger partial charge in [-0.1, -0.05) is 6.08 Å². The highest BCUT2D eigenvalue weighted by molar-refractivity contribution is 5.50. The monoisotopic (exact) mass is 207 g/mol. The van der Waals surface area contributed by atoms with Crippen LogP contribution in [0.5, 0.6) is 11.5 Å². The Morgan fingerprint density at radius 1 is 1.27 bits per heavy atom. The first-order chi connectivity index (χ1) is 7.13. The molecule has 0 heterocycles. The number of nitrogens with two attached hydrogens (primary N) is 1. The molecule has 0 saturated heterocycles. The normalized spacial score (nSPS) is 12.0. The van der Waals surface area contributed by atoms with Crippen LogP contribution in [0, 0.1) is 6.92 Å². The van der Waals surface area contributed by atoms with E-state index < -0.39 is 0 Å². The molecule has 0 saturated carbocycles. The smallest absolute Gasteiger partial charge is 0.127 e. The van der Waals surface area contributed by atoms with E-state index >= 15 is 0 Å². The van der Waals surface area contributed by atoms with E-state index in [1.165, 1.54) is 0 Å². The molecule has 0 aliphatic rings. The summed E-state index contributed by atoms with van der Waals surface area (Å²) in [6.45, 7) is 5.65. The molecule has 0 radical (unpaired) electrons. The number of aryl methyl sites for hydroxylation is 1. The van der Waals surface area contributed by atoms with Gasteiger partial charge in [-0.25, -0.2) is 0 Å². The Labute approximate surface area is 90.5 Å². The van der Waals surface area contributed by atoms with Crippen molar-refractivity contribution in [3.05, 3.63) is 35.9 Å². The minimum atomic E-state index is -0.282. The van der Waals surface area contributed by atoms with Crippen molar-refractivity contribution in [1.82, 2.24) is 0 Å². The first-order valence-electron chi connectivity index (χ1n) is 4.74. The van der Waals surface area contributed by atoms with Crippen LogP contribution in [0.3, 0.4) is 0 Å². The first kappa shape index (κ1) is 11.6. The number of methoxy groups -OCH3 is 2. The van der Waals surface area contributed by atoms with Crippen LogP contribution in [-0.2, 0) is 0 Å². The quantitative estimate of drug-likeness (QED) is 0.770. The van der Waals surface area contributed by atoms with Crippen molar-refractivity contribution in [1.29, 1.82) is 0 Å². The Balaban J connectivity index is 3.36. The van der Waals surface area contributed by atoms with Gasteiger partial charge in [0, 0.05) is 0 Å². The van der Waals surface area contributed by atoms with Crippen molar-refractivity contribution in [2.24, 2.45) is 5.73 Å². The van der Waals surface area contributed by atoms with Crippen LogP contribution in [0.25, 0.3) is 0 Å². The topological polar surface area (TPSA) is 44.5 Å². The lowest BCUT2D eigenvalue weighted by Gasteiger charge is -2.17.